The number of ether oxygens (including phenoxy) is 2. The third-order valence-electron chi connectivity index (χ3n) is 4.60. The summed E-state index contributed by atoms with van der Waals surface area (Å²) in [5, 5.41) is 14.6. The van der Waals surface area contributed by atoms with E-state index in [-0.39, 0.29) is 12.2 Å². The van der Waals surface area contributed by atoms with Crippen LogP contribution in [0, 0.1) is 17.1 Å². The summed E-state index contributed by atoms with van der Waals surface area (Å²) in [5.41, 5.74) is 1.50. The number of nitrogens with one attached hydrogen (secondary N) is 2. The van der Waals surface area contributed by atoms with Crippen LogP contribution in [0.2, 0.25) is 0 Å². The standard InChI is InChI=1S/C26H20FN3O5/c1-34-26(33)18-5-9-22(10-6-18)30-25(32)19(15-28)13-17-3-2-4-23(14-17)35-16-24(31)29-21-11-7-20(27)8-12-21/h2-14H,16H2,1H3,(H,29,31)(H,30,32). The molecule has 9 heteroatoms. The van der Waals surface area contributed by atoms with Gasteiger partial charge in [0, 0.05) is 11.4 Å². The summed E-state index contributed by atoms with van der Waals surface area (Å²) >= 11 is 0. The van der Waals surface area contributed by atoms with Crippen LogP contribution in [0.3, 0.4) is 0 Å². The Hall–Kier alpha value is -4.97. The molecule has 0 saturated heterocycles. The number of carbonyl (C=O) groups excluding carboxylic acids is 3. The minimum atomic E-state index is -0.636. The minimum absolute atomic E-state index is 0.159. The lowest BCUT2D eigenvalue weighted by Crippen LogP contribution is -2.20. The van der Waals surface area contributed by atoms with Gasteiger partial charge in [-0.3, -0.25) is 9.59 Å². The molecule has 0 heterocycles. The van der Waals surface area contributed by atoms with E-state index in [0.29, 0.717) is 28.3 Å². The smallest absolute Gasteiger partial charge is 0.337 e. The van der Waals surface area contributed by atoms with Crippen molar-refractivity contribution in [3.8, 4) is 11.8 Å². The maximum atomic E-state index is 13.0. The highest BCUT2D eigenvalue weighted by atomic mass is 19.1. The van der Waals surface area contributed by atoms with Crippen molar-refractivity contribution in [1.82, 2.24) is 0 Å². The van der Waals surface area contributed by atoms with Crippen molar-refractivity contribution in [2.45, 2.75) is 0 Å². The van der Waals surface area contributed by atoms with Gasteiger partial charge < -0.3 is 20.1 Å². The molecule has 3 rings (SSSR count). The number of carbonyl (C=O) groups is 3. The zero-order valence-electron chi connectivity index (χ0n) is 18.6. The first-order valence-corrected chi connectivity index (χ1v) is 10.3. The zero-order chi connectivity index (χ0) is 25.2. The van der Waals surface area contributed by atoms with Crippen molar-refractivity contribution < 1.29 is 28.2 Å². The number of benzene rings is 3. The summed E-state index contributed by atoms with van der Waals surface area (Å²) in [6, 6.07) is 19.7. The van der Waals surface area contributed by atoms with Gasteiger partial charge in [0.25, 0.3) is 11.8 Å². The van der Waals surface area contributed by atoms with Gasteiger partial charge in [0.15, 0.2) is 6.61 Å². The molecule has 0 aliphatic heterocycles. The Balaban J connectivity index is 1.61. The largest absolute Gasteiger partial charge is 0.484 e. The van der Waals surface area contributed by atoms with Gasteiger partial charge in [0.1, 0.15) is 23.2 Å². The first-order valence-electron chi connectivity index (χ1n) is 10.3. The molecular formula is C26H20FN3O5. The highest BCUT2D eigenvalue weighted by molar-refractivity contribution is 6.09. The Bertz CT molecular complexity index is 1300. The first kappa shape index (κ1) is 24.7. The van der Waals surface area contributed by atoms with Gasteiger partial charge >= 0.3 is 5.97 Å². The van der Waals surface area contributed by atoms with Crippen LogP contribution < -0.4 is 15.4 Å². The van der Waals surface area contributed by atoms with Crippen LogP contribution in [-0.4, -0.2) is 31.5 Å². The zero-order valence-corrected chi connectivity index (χ0v) is 18.6. The highest BCUT2D eigenvalue weighted by Crippen LogP contribution is 2.18. The molecule has 0 bridgehead atoms. The fourth-order valence-electron chi connectivity index (χ4n) is 2.89. The van der Waals surface area contributed by atoms with E-state index in [9.17, 15) is 24.0 Å². The number of halogens is 1. The molecule has 3 aromatic carbocycles. The quantitative estimate of drug-likeness (QED) is 0.288. The third-order valence-corrected chi connectivity index (χ3v) is 4.60. The van der Waals surface area contributed by atoms with Gasteiger partial charge in [-0.05, 0) is 72.3 Å². The Morgan fingerprint density at radius 3 is 2.29 bits per heavy atom. The Kier molecular flexibility index (Phi) is 8.29. The monoisotopic (exact) mass is 473 g/mol. The summed E-state index contributed by atoms with van der Waals surface area (Å²) in [4.78, 5) is 36.1. The summed E-state index contributed by atoms with van der Waals surface area (Å²) in [6.45, 7) is -0.294. The molecule has 8 nitrogen and oxygen atoms in total. The summed E-state index contributed by atoms with van der Waals surface area (Å²) in [7, 11) is 1.27. The molecule has 3 aromatic rings. The van der Waals surface area contributed by atoms with Gasteiger partial charge in [0.05, 0.1) is 12.7 Å². The van der Waals surface area contributed by atoms with Crippen LogP contribution in [0.4, 0.5) is 15.8 Å². The maximum Gasteiger partial charge on any atom is 0.337 e. The number of rotatable bonds is 8. The molecular weight excluding hydrogens is 453 g/mol. The van der Waals surface area contributed by atoms with E-state index < -0.39 is 23.6 Å². The lowest BCUT2D eigenvalue weighted by atomic mass is 10.1. The highest BCUT2D eigenvalue weighted by Gasteiger charge is 2.11. The number of hydrogen-bond acceptors (Lipinski definition) is 6. The van der Waals surface area contributed by atoms with Gasteiger partial charge in [-0.1, -0.05) is 12.1 Å². The predicted molar refractivity (Wildman–Crippen MR) is 127 cm³/mol. The minimum Gasteiger partial charge on any atom is -0.484 e. The van der Waals surface area contributed by atoms with Crippen molar-refractivity contribution in [3.05, 3.63) is 95.3 Å². The molecule has 0 aliphatic carbocycles. The molecule has 35 heavy (non-hydrogen) atoms. The van der Waals surface area contributed by atoms with Crippen LogP contribution in [0.5, 0.6) is 5.75 Å². The van der Waals surface area contributed by atoms with Crippen LogP contribution in [-0.2, 0) is 14.3 Å². The molecule has 0 spiro atoms. The van der Waals surface area contributed by atoms with Crippen molar-refractivity contribution in [2.75, 3.05) is 24.4 Å². The predicted octanol–water partition coefficient (Wildman–Crippen LogP) is 4.18. The lowest BCUT2D eigenvalue weighted by molar-refractivity contribution is -0.118. The number of nitriles is 1. The Morgan fingerprint density at radius 2 is 1.63 bits per heavy atom. The lowest BCUT2D eigenvalue weighted by Gasteiger charge is -2.08. The second kappa shape index (κ2) is 11.8. The van der Waals surface area contributed by atoms with E-state index in [0.717, 1.165) is 0 Å². The number of amides is 2. The molecule has 2 N–H and O–H groups in total. The second-order valence-corrected chi connectivity index (χ2v) is 7.11. The summed E-state index contributed by atoms with van der Waals surface area (Å²) in [6.07, 6.45) is 1.38. The Morgan fingerprint density at radius 1 is 0.971 bits per heavy atom. The second-order valence-electron chi connectivity index (χ2n) is 7.11. The molecule has 0 radical (unpaired) electrons. The van der Waals surface area contributed by atoms with Crippen LogP contribution in [0.1, 0.15) is 15.9 Å². The van der Waals surface area contributed by atoms with Gasteiger partial charge in [-0.25, -0.2) is 9.18 Å². The molecule has 2 amide bonds. The molecule has 0 atom stereocenters. The average molecular weight is 473 g/mol. The van der Waals surface area contributed by atoms with E-state index in [1.165, 1.54) is 61.7 Å². The normalized spacial score (nSPS) is 10.6. The molecule has 176 valence electrons. The molecule has 0 aliphatic rings. The van der Waals surface area contributed by atoms with Crippen molar-refractivity contribution in [1.29, 1.82) is 5.26 Å². The van der Waals surface area contributed by atoms with Gasteiger partial charge in [-0.15, -0.1) is 0 Å². The Labute approximate surface area is 200 Å². The SMILES string of the molecule is COC(=O)c1ccc(NC(=O)C(C#N)=Cc2cccc(OCC(=O)Nc3ccc(F)cc3)c2)cc1. The molecule has 0 aromatic heterocycles. The molecule has 0 unspecified atom stereocenters. The number of anilines is 2. The van der Waals surface area contributed by atoms with E-state index in [1.807, 2.05) is 6.07 Å². The molecule has 0 saturated carbocycles. The fourth-order valence-corrected chi connectivity index (χ4v) is 2.89. The maximum absolute atomic E-state index is 13.0. The van der Waals surface area contributed by atoms with E-state index >= 15 is 0 Å². The van der Waals surface area contributed by atoms with E-state index in [2.05, 4.69) is 15.4 Å². The summed E-state index contributed by atoms with van der Waals surface area (Å²) < 4.78 is 23.1. The summed E-state index contributed by atoms with van der Waals surface area (Å²) in [5.74, 6) is -1.64. The first-order chi connectivity index (χ1) is 16.9. The third kappa shape index (κ3) is 7.27. The van der Waals surface area contributed by atoms with Crippen LogP contribution >= 0.6 is 0 Å². The molecule has 0 fully saturated rings. The topological polar surface area (TPSA) is 118 Å². The van der Waals surface area contributed by atoms with Crippen LogP contribution in [0.25, 0.3) is 6.08 Å². The van der Waals surface area contributed by atoms with Crippen LogP contribution in [0.15, 0.2) is 78.4 Å². The van der Waals surface area contributed by atoms with Crippen molar-refractivity contribution in [3.63, 3.8) is 0 Å². The van der Waals surface area contributed by atoms with E-state index in [4.69, 9.17) is 4.74 Å². The number of nitrogens with zero attached hydrogens (tertiary/aromatic N) is 1. The van der Waals surface area contributed by atoms with Crippen molar-refractivity contribution >= 4 is 35.2 Å². The average Bonchev–Trinajstić information content (AvgIpc) is 2.87. The van der Waals surface area contributed by atoms with Gasteiger partial charge in [0.2, 0.25) is 0 Å². The number of hydrogen-bond donors (Lipinski definition) is 2. The number of methoxy groups -OCH3 is 1. The fraction of sp³-hybridized carbons (Fsp3) is 0.0769. The van der Waals surface area contributed by atoms with Crippen molar-refractivity contribution in [2.24, 2.45) is 0 Å². The van der Waals surface area contributed by atoms with Gasteiger partial charge in [-0.2, -0.15) is 5.26 Å². The number of esters is 1. The van der Waals surface area contributed by atoms with E-state index in [1.54, 1.807) is 24.3 Å².